The summed E-state index contributed by atoms with van der Waals surface area (Å²) in [5.74, 6) is 0.166. The molecule has 0 radical (unpaired) electrons. The third-order valence-corrected chi connectivity index (χ3v) is 2.26. The smallest absolute Gasteiger partial charge is 0.135 e. The van der Waals surface area contributed by atoms with Gasteiger partial charge in [-0.15, -0.1) is 0 Å². The first-order valence-electron chi connectivity index (χ1n) is 4.71. The minimum absolute atomic E-state index is 0.245. The number of benzene rings is 1. The summed E-state index contributed by atoms with van der Waals surface area (Å²) in [6.07, 6.45) is 0. The lowest BCUT2D eigenvalue weighted by atomic mass is 10.1. The van der Waals surface area contributed by atoms with Crippen LogP contribution in [0.4, 0.5) is 4.39 Å². The number of rotatable bonds is 1. The predicted octanol–water partition coefficient (Wildman–Crippen LogP) is 1.44. The van der Waals surface area contributed by atoms with Gasteiger partial charge in [-0.3, -0.25) is 4.99 Å². The van der Waals surface area contributed by atoms with Gasteiger partial charge in [0, 0.05) is 6.04 Å². The van der Waals surface area contributed by atoms with Gasteiger partial charge in [-0.1, -0.05) is 0 Å². The maximum Gasteiger partial charge on any atom is 0.135 e. The molecule has 0 bridgehead atoms. The summed E-state index contributed by atoms with van der Waals surface area (Å²) in [5, 5.41) is 11.7. The second-order valence-corrected chi connectivity index (χ2v) is 3.54. The third-order valence-electron chi connectivity index (χ3n) is 2.26. The molecule has 76 valence electrons. The summed E-state index contributed by atoms with van der Waals surface area (Å²) >= 11 is 0. The SMILES string of the molecule is CC1CN=C(c2ccc(C#N)cc2F)N1. The maximum atomic E-state index is 13.5. The molecular weight excluding hydrogens is 193 g/mol. The molecule has 0 fully saturated rings. The van der Waals surface area contributed by atoms with Crippen LogP contribution in [0.1, 0.15) is 18.1 Å². The molecule has 1 atom stereocenters. The van der Waals surface area contributed by atoms with Crippen molar-refractivity contribution in [3.05, 3.63) is 35.1 Å². The van der Waals surface area contributed by atoms with Crippen LogP contribution in [0.25, 0.3) is 0 Å². The molecule has 0 aliphatic carbocycles. The summed E-state index contributed by atoms with van der Waals surface area (Å²) in [4.78, 5) is 4.19. The van der Waals surface area contributed by atoms with Crippen LogP contribution in [0.2, 0.25) is 0 Å². The zero-order chi connectivity index (χ0) is 10.8. The van der Waals surface area contributed by atoms with Crippen molar-refractivity contribution < 1.29 is 4.39 Å². The Morgan fingerprint density at radius 3 is 2.93 bits per heavy atom. The van der Waals surface area contributed by atoms with Gasteiger partial charge in [0.15, 0.2) is 0 Å². The Hall–Kier alpha value is -1.89. The molecule has 1 aliphatic heterocycles. The fourth-order valence-electron chi connectivity index (χ4n) is 1.49. The summed E-state index contributed by atoms with van der Waals surface area (Å²) in [6, 6.07) is 6.53. The van der Waals surface area contributed by atoms with Crippen LogP contribution in [-0.4, -0.2) is 18.4 Å². The Kier molecular flexibility index (Phi) is 2.38. The molecule has 0 saturated heterocycles. The molecule has 0 saturated carbocycles. The highest BCUT2D eigenvalue weighted by Gasteiger charge is 2.17. The number of hydrogen-bond acceptors (Lipinski definition) is 3. The Morgan fingerprint density at radius 1 is 1.60 bits per heavy atom. The molecule has 4 heteroatoms. The first-order chi connectivity index (χ1) is 7.20. The van der Waals surface area contributed by atoms with Crippen molar-refractivity contribution in [2.24, 2.45) is 4.99 Å². The number of hydrogen-bond donors (Lipinski definition) is 1. The molecule has 0 amide bonds. The Labute approximate surface area is 87.3 Å². The van der Waals surface area contributed by atoms with E-state index in [2.05, 4.69) is 10.3 Å². The van der Waals surface area contributed by atoms with Crippen molar-refractivity contribution in [3.63, 3.8) is 0 Å². The largest absolute Gasteiger partial charge is 0.365 e. The van der Waals surface area contributed by atoms with Crippen molar-refractivity contribution in [1.82, 2.24) is 5.32 Å². The lowest BCUT2D eigenvalue weighted by Gasteiger charge is -2.06. The van der Waals surface area contributed by atoms with Gasteiger partial charge < -0.3 is 5.32 Å². The maximum absolute atomic E-state index is 13.5. The van der Waals surface area contributed by atoms with Gasteiger partial charge in [0.25, 0.3) is 0 Å². The number of amidine groups is 1. The summed E-state index contributed by atoms with van der Waals surface area (Å²) in [6.45, 7) is 2.65. The summed E-state index contributed by atoms with van der Waals surface area (Å²) in [5.41, 5.74) is 0.751. The molecule has 1 aliphatic rings. The first kappa shape index (κ1) is 9.66. The number of aliphatic imine (C=N–C) groups is 1. The minimum Gasteiger partial charge on any atom is -0.365 e. The molecule has 0 spiro atoms. The second-order valence-electron chi connectivity index (χ2n) is 3.54. The van der Waals surface area contributed by atoms with Gasteiger partial charge >= 0.3 is 0 Å². The van der Waals surface area contributed by atoms with E-state index < -0.39 is 5.82 Å². The van der Waals surface area contributed by atoms with E-state index in [1.165, 1.54) is 6.07 Å². The van der Waals surface area contributed by atoms with Crippen LogP contribution < -0.4 is 5.32 Å². The predicted molar refractivity (Wildman–Crippen MR) is 55.1 cm³/mol. The molecule has 3 nitrogen and oxygen atoms in total. The minimum atomic E-state index is -0.408. The average molecular weight is 203 g/mol. The topological polar surface area (TPSA) is 48.2 Å². The van der Waals surface area contributed by atoms with Crippen molar-refractivity contribution in [1.29, 1.82) is 5.26 Å². The highest BCUT2D eigenvalue weighted by atomic mass is 19.1. The Bertz CT molecular complexity index is 459. The molecule has 1 unspecified atom stereocenters. The standard InChI is InChI=1S/C11H10FN3/c1-7-6-14-11(15-7)9-3-2-8(5-13)4-10(9)12/h2-4,7H,6H2,1H3,(H,14,15). The van der Waals surface area contributed by atoms with Gasteiger partial charge in [0.05, 0.1) is 23.7 Å². The Balaban J connectivity index is 2.35. The van der Waals surface area contributed by atoms with Gasteiger partial charge in [0.2, 0.25) is 0 Å². The number of nitrogens with one attached hydrogen (secondary N) is 1. The fraction of sp³-hybridized carbons (Fsp3) is 0.273. The summed E-state index contributed by atoms with van der Waals surface area (Å²) < 4.78 is 13.5. The van der Waals surface area contributed by atoms with E-state index in [-0.39, 0.29) is 6.04 Å². The van der Waals surface area contributed by atoms with Crippen molar-refractivity contribution in [2.45, 2.75) is 13.0 Å². The molecule has 15 heavy (non-hydrogen) atoms. The molecular formula is C11H10FN3. The monoisotopic (exact) mass is 203 g/mol. The number of halogens is 1. The van der Waals surface area contributed by atoms with Crippen molar-refractivity contribution in [3.8, 4) is 6.07 Å². The van der Waals surface area contributed by atoms with E-state index >= 15 is 0 Å². The Morgan fingerprint density at radius 2 is 2.40 bits per heavy atom. The van der Waals surface area contributed by atoms with Gasteiger partial charge in [-0.2, -0.15) is 5.26 Å². The lowest BCUT2D eigenvalue weighted by Crippen LogP contribution is -2.28. The van der Waals surface area contributed by atoms with Gasteiger partial charge in [-0.25, -0.2) is 4.39 Å². The van der Waals surface area contributed by atoms with Crippen LogP contribution in [0.3, 0.4) is 0 Å². The molecule has 1 aromatic rings. The van der Waals surface area contributed by atoms with Crippen molar-refractivity contribution >= 4 is 5.84 Å². The van der Waals surface area contributed by atoms with E-state index in [0.717, 1.165) is 0 Å². The third kappa shape index (κ3) is 1.82. The fourth-order valence-corrected chi connectivity index (χ4v) is 1.49. The lowest BCUT2D eigenvalue weighted by molar-refractivity contribution is 0.623. The van der Waals surface area contributed by atoms with Crippen molar-refractivity contribution in [2.75, 3.05) is 6.54 Å². The van der Waals surface area contributed by atoms with Gasteiger partial charge in [0.1, 0.15) is 11.7 Å². The van der Waals surface area contributed by atoms with Crippen LogP contribution in [0.15, 0.2) is 23.2 Å². The van der Waals surface area contributed by atoms with Crippen LogP contribution in [0.5, 0.6) is 0 Å². The van der Waals surface area contributed by atoms with E-state index in [1.807, 2.05) is 13.0 Å². The van der Waals surface area contributed by atoms with E-state index in [4.69, 9.17) is 5.26 Å². The molecule has 1 aromatic carbocycles. The highest BCUT2D eigenvalue weighted by Crippen LogP contribution is 2.12. The first-order valence-corrected chi connectivity index (χ1v) is 4.71. The number of nitrogens with zero attached hydrogens (tertiary/aromatic N) is 2. The average Bonchev–Trinajstić information content (AvgIpc) is 2.64. The van der Waals surface area contributed by atoms with E-state index in [0.29, 0.717) is 23.5 Å². The molecule has 0 aromatic heterocycles. The molecule has 1 heterocycles. The highest BCUT2D eigenvalue weighted by molar-refractivity contribution is 6.00. The van der Waals surface area contributed by atoms with E-state index in [1.54, 1.807) is 12.1 Å². The summed E-state index contributed by atoms with van der Waals surface area (Å²) in [7, 11) is 0. The van der Waals surface area contributed by atoms with Gasteiger partial charge in [-0.05, 0) is 25.1 Å². The van der Waals surface area contributed by atoms with Crippen LogP contribution in [-0.2, 0) is 0 Å². The van der Waals surface area contributed by atoms with Crippen LogP contribution in [0, 0.1) is 17.1 Å². The molecule has 2 rings (SSSR count). The zero-order valence-corrected chi connectivity index (χ0v) is 8.29. The molecule has 1 N–H and O–H groups in total. The normalized spacial score (nSPS) is 19.3. The van der Waals surface area contributed by atoms with Crippen LogP contribution >= 0.6 is 0 Å². The van der Waals surface area contributed by atoms with E-state index in [9.17, 15) is 4.39 Å². The zero-order valence-electron chi connectivity index (χ0n) is 8.29. The number of nitriles is 1. The quantitative estimate of drug-likeness (QED) is 0.750. The second kappa shape index (κ2) is 3.70.